The smallest absolute Gasteiger partial charge is 0.295 e. The van der Waals surface area contributed by atoms with Crippen molar-refractivity contribution in [1.29, 1.82) is 0 Å². The topological polar surface area (TPSA) is 59.8 Å². The first kappa shape index (κ1) is 21.1. The summed E-state index contributed by atoms with van der Waals surface area (Å²) in [6.45, 7) is 5.84. The SMILES string of the molecule is Cc1ccc(C)c(NC(=O)c2nc(-c3ccc(Cl)cc3)n(-c3ccc(C)c(Cl)c3)n2)c1. The molecule has 1 amide bonds. The summed E-state index contributed by atoms with van der Waals surface area (Å²) in [5.41, 5.74) is 5.18. The van der Waals surface area contributed by atoms with Crippen molar-refractivity contribution in [3.63, 3.8) is 0 Å². The highest BCUT2D eigenvalue weighted by atomic mass is 35.5. The van der Waals surface area contributed by atoms with Gasteiger partial charge in [0.2, 0.25) is 5.82 Å². The van der Waals surface area contributed by atoms with E-state index in [0.29, 0.717) is 21.6 Å². The van der Waals surface area contributed by atoms with Crippen molar-refractivity contribution < 1.29 is 4.79 Å². The normalized spacial score (nSPS) is 10.9. The number of amides is 1. The molecule has 1 heterocycles. The number of hydrogen-bond acceptors (Lipinski definition) is 3. The van der Waals surface area contributed by atoms with E-state index >= 15 is 0 Å². The second kappa shape index (κ2) is 8.53. The third-order valence-corrected chi connectivity index (χ3v) is 5.61. The first-order chi connectivity index (χ1) is 14.8. The Balaban J connectivity index is 1.78. The van der Waals surface area contributed by atoms with Gasteiger partial charge in [0.1, 0.15) is 0 Å². The lowest BCUT2D eigenvalue weighted by Crippen LogP contribution is -2.15. The third-order valence-electron chi connectivity index (χ3n) is 4.95. The number of anilines is 1. The maximum absolute atomic E-state index is 13.0. The fourth-order valence-electron chi connectivity index (χ4n) is 3.14. The molecule has 0 bridgehead atoms. The summed E-state index contributed by atoms with van der Waals surface area (Å²) in [5.74, 6) is 0.186. The van der Waals surface area contributed by atoms with Crippen LogP contribution in [-0.4, -0.2) is 20.7 Å². The lowest BCUT2D eigenvalue weighted by molar-refractivity contribution is 0.101. The average molecular weight is 451 g/mol. The van der Waals surface area contributed by atoms with E-state index in [2.05, 4.69) is 15.4 Å². The summed E-state index contributed by atoms with van der Waals surface area (Å²) in [5, 5.41) is 8.64. The van der Waals surface area contributed by atoms with E-state index in [-0.39, 0.29) is 11.7 Å². The van der Waals surface area contributed by atoms with Crippen LogP contribution >= 0.6 is 23.2 Å². The van der Waals surface area contributed by atoms with Gasteiger partial charge >= 0.3 is 0 Å². The van der Waals surface area contributed by atoms with Crippen LogP contribution in [0.4, 0.5) is 5.69 Å². The standard InChI is InChI=1S/C24H20Cl2N4O/c1-14-4-5-16(3)21(12-14)27-24(31)22-28-23(17-7-9-18(25)10-8-17)30(29-22)19-11-6-15(2)20(26)13-19/h4-13H,1-3H3,(H,27,31). The fraction of sp³-hybridized carbons (Fsp3) is 0.125. The maximum atomic E-state index is 13.0. The molecule has 1 N–H and O–H groups in total. The van der Waals surface area contributed by atoms with Crippen molar-refractivity contribution in [1.82, 2.24) is 14.8 Å². The van der Waals surface area contributed by atoms with Gasteiger partial charge in [-0.1, -0.05) is 41.4 Å². The third kappa shape index (κ3) is 4.48. The van der Waals surface area contributed by atoms with E-state index in [1.54, 1.807) is 22.9 Å². The van der Waals surface area contributed by atoms with Gasteiger partial charge in [-0.15, -0.1) is 5.10 Å². The molecular formula is C24H20Cl2N4O. The van der Waals surface area contributed by atoms with Crippen LogP contribution in [0.15, 0.2) is 60.7 Å². The van der Waals surface area contributed by atoms with Gasteiger partial charge in [0, 0.05) is 21.3 Å². The van der Waals surface area contributed by atoms with Gasteiger partial charge in [-0.05, 0) is 79.9 Å². The molecule has 0 saturated carbocycles. The van der Waals surface area contributed by atoms with Crippen LogP contribution < -0.4 is 5.32 Å². The summed E-state index contributed by atoms with van der Waals surface area (Å²) in [4.78, 5) is 17.5. The maximum Gasteiger partial charge on any atom is 0.295 e. The average Bonchev–Trinajstić information content (AvgIpc) is 3.19. The van der Waals surface area contributed by atoms with Crippen LogP contribution in [0.5, 0.6) is 0 Å². The number of carbonyl (C=O) groups is 1. The Kier molecular flexibility index (Phi) is 5.81. The van der Waals surface area contributed by atoms with Crippen LogP contribution in [0, 0.1) is 20.8 Å². The number of nitrogens with zero attached hydrogens (tertiary/aromatic N) is 3. The molecule has 5 nitrogen and oxygen atoms in total. The van der Waals surface area contributed by atoms with Crippen LogP contribution in [0.25, 0.3) is 17.1 Å². The Hall–Kier alpha value is -3.15. The van der Waals surface area contributed by atoms with E-state index in [1.165, 1.54) is 0 Å². The van der Waals surface area contributed by atoms with Gasteiger partial charge in [-0.2, -0.15) is 0 Å². The van der Waals surface area contributed by atoms with E-state index in [4.69, 9.17) is 23.2 Å². The van der Waals surface area contributed by atoms with E-state index in [1.807, 2.05) is 63.2 Å². The van der Waals surface area contributed by atoms with Crippen molar-refractivity contribution in [3.8, 4) is 17.1 Å². The molecule has 1 aromatic heterocycles. The molecule has 156 valence electrons. The summed E-state index contributed by atoms with van der Waals surface area (Å²) in [6.07, 6.45) is 0. The van der Waals surface area contributed by atoms with Gasteiger partial charge in [0.05, 0.1) is 5.69 Å². The Bertz CT molecular complexity index is 1280. The molecule has 0 radical (unpaired) electrons. The van der Waals surface area contributed by atoms with Gasteiger partial charge in [0.15, 0.2) is 5.82 Å². The first-order valence-electron chi connectivity index (χ1n) is 9.70. The number of benzene rings is 3. The predicted octanol–water partition coefficient (Wildman–Crippen LogP) is 6.42. The summed E-state index contributed by atoms with van der Waals surface area (Å²) in [7, 11) is 0. The van der Waals surface area contributed by atoms with E-state index < -0.39 is 0 Å². The van der Waals surface area contributed by atoms with Crippen molar-refractivity contribution in [2.75, 3.05) is 5.32 Å². The minimum Gasteiger partial charge on any atom is -0.319 e. The molecule has 4 aromatic rings. The number of nitrogens with one attached hydrogen (secondary N) is 1. The molecule has 0 aliphatic heterocycles. The molecule has 0 aliphatic carbocycles. The zero-order chi connectivity index (χ0) is 22.1. The quantitative estimate of drug-likeness (QED) is 0.390. The summed E-state index contributed by atoms with van der Waals surface area (Å²) < 4.78 is 1.62. The van der Waals surface area contributed by atoms with Crippen molar-refractivity contribution in [2.45, 2.75) is 20.8 Å². The molecule has 0 saturated heterocycles. The number of carbonyl (C=O) groups excluding carboxylic acids is 1. The Labute approximate surface area is 190 Å². The van der Waals surface area contributed by atoms with Gasteiger partial charge in [-0.25, -0.2) is 9.67 Å². The summed E-state index contributed by atoms with van der Waals surface area (Å²) >= 11 is 12.4. The molecule has 0 fully saturated rings. The lowest BCUT2D eigenvalue weighted by Gasteiger charge is -2.08. The lowest BCUT2D eigenvalue weighted by atomic mass is 10.1. The number of halogens is 2. The van der Waals surface area contributed by atoms with Gasteiger partial charge in [-0.3, -0.25) is 4.79 Å². The minimum absolute atomic E-state index is 0.0579. The number of aryl methyl sites for hydroxylation is 3. The second-order valence-electron chi connectivity index (χ2n) is 7.38. The van der Waals surface area contributed by atoms with E-state index in [0.717, 1.165) is 27.9 Å². The molecule has 4 rings (SSSR count). The summed E-state index contributed by atoms with van der Waals surface area (Å²) in [6, 6.07) is 18.7. The number of rotatable bonds is 4. The second-order valence-corrected chi connectivity index (χ2v) is 8.23. The first-order valence-corrected chi connectivity index (χ1v) is 10.5. The van der Waals surface area contributed by atoms with Gasteiger partial charge < -0.3 is 5.32 Å². The van der Waals surface area contributed by atoms with Crippen LogP contribution in [0.1, 0.15) is 27.3 Å². The molecule has 0 aliphatic rings. The molecule has 31 heavy (non-hydrogen) atoms. The van der Waals surface area contributed by atoms with Crippen molar-refractivity contribution in [2.24, 2.45) is 0 Å². The van der Waals surface area contributed by atoms with E-state index in [9.17, 15) is 4.79 Å². The van der Waals surface area contributed by atoms with Crippen molar-refractivity contribution in [3.05, 3.63) is 93.2 Å². The molecular weight excluding hydrogens is 431 g/mol. The zero-order valence-electron chi connectivity index (χ0n) is 17.3. The van der Waals surface area contributed by atoms with Gasteiger partial charge in [0.25, 0.3) is 5.91 Å². The highest BCUT2D eigenvalue weighted by molar-refractivity contribution is 6.31. The Morgan fingerprint density at radius 2 is 1.61 bits per heavy atom. The monoisotopic (exact) mass is 450 g/mol. The highest BCUT2D eigenvalue weighted by Crippen LogP contribution is 2.26. The predicted molar refractivity (Wildman–Crippen MR) is 125 cm³/mol. The Morgan fingerprint density at radius 3 is 2.32 bits per heavy atom. The fourth-order valence-corrected chi connectivity index (χ4v) is 3.44. The van der Waals surface area contributed by atoms with Crippen LogP contribution in [-0.2, 0) is 0 Å². The molecule has 7 heteroatoms. The molecule has 0 atom stereocenters. The zero-order valence-corrected chi connectivity index (χ0v) is 18.8. The van der Waals surface area contributed by atoms with Crippen molar-refractivity contribution >= 4 is 34.8 Å². The molecule has 3 aromatic carbocycles. The number of hydrogen-bond donors (Lipinski definition) is 1. The molecule has 0 spiro atoms. The minimum atomic E-state index is -0.388. The van der Waals surface area contributed by atoms with Crippen LogP contribution in [0.2, 0.25) is 10.0 Å². The largest absolute Gasteiger partial charge is 0.319 e. The highest BCUT2D eigenvalue weighted by Gasteiger charge is 2.20. The Morgan fingerprint density at radius 1 is 0.903 bits per heavy atom. The van der Waals surface area contributed by atoms with Crippen LogP contribution in [0.3, 0.4) is 0 Å². The molecule has 0 unspecified atom stereocenters. The number of aromatic nitrogens is 3.